The minimum absolute atomic E-state index is 0.265. The van der Waals surface area contributed by atoms with Crippen LogP contribution in [0, 0.1) is 16.5 Å². The first kappa shape index (κ1) is 14.2. The Labute approximate surface area is 130 Å². The smallest absolute Gasteiger partial charge is 0.178 e. The Kier molecular flexibility index (Phi) is 3.97. The van der Waals surface area contributed by atoms with Gasteiger partial charge in [-0.15, -0.1) is 0 Å². The second-order valence-corrected chi connectivity index (χ2v) is 6.84. The molecule has 2 aromatic rings. The Bertz CT molecular complexity index is 694. The van der Waals surface area contributed by atoms with E-state index in [-0.39, 0.29) is 5.82 Å². The standard InChI is InChI=1S/C14H17BrFN3S/c1-18-4-2-3-9(7-18)8-19-13-5-10(15)11(16)6-12(13)17-14(19)20/h5-6,9H,2-4,7-8H2,1H3,(H,17,20). The minimum atomic E-state index is -0.265. The molecular weight excluding hydrogens is 341 g/mol. The number of benzene rings is 1. The summed E-state index contributed by atoms with van der Waals surface area (Å²) in [6.07, 6.45) is 2.45. The van der Waals surface area contributed by atoms with E-state index in [1.165, 1.54) is 25.5 Å². The van der Waals surface area contributed by atoms with Gasteiger partial charge in [-0.05, 0) is 66.6 Å². The Hall–Kier alpha value is -0.720. The van der Waals surface area contributed by atoms with E-state index in [2.05, 4.69) is 37.4 Å². The van der Waals surface area contributed by atoms with Crippen molar-refractivity contribution in [2.45, 2.75) is 19.4 Å². The first-order valence-electron chi connectivity index (χ1n) is 6.80. The molecule has 6 heteroatoms. The SMILES string of the molecule is CN1CCCC(Cn2c(=S)[nH]c3cc(F)c(Br)cc32)C1. The Morgan fingerprint density at radius 2 is 2.30 bits per heavy atom. The molecule has 1 N–H and O–H groups in total. The van der Waals surface area contributed by atoms with Crippen molar-refractivity contribution in [3.05, 3.63) is 27.2 Å². The van der Waals surface area contributed by atoms with Crippen molar-refractivity contribution in [1.29, 1.82) is 0 Å². The molecule has 1 fully saturated rings. The Morgan fingerprint density at radius 3 is 3.05 bits per heavy atom. The van der Waals surface area contributed by atoms with Crippen LogP contribution < -0.4 is 0 Å². The van der Waals surface area contributed by atoms with Gasteiger partial charge in [0.25, 0.3) is 0 Å². The number of nitrogens with zero attached hydrogens (tertiary/aromatic N) is 2. The van der Waals surface area contributed by atoms with Gasteiger partial charge in [0.15, 0.2) is 4.77 Å². The summed E-state index contributed by atoms with van der Waals surface area (Å²) in [7, 11) is 2.16. The summed E-state index contributed by atoms with van der Waals surface area (Å²) in [6.45, 7) is 3.16. The van der Waals surface area contributed by atoms with Crippen LogP contribution in [0.25, 0.3) is 11.0 Å². The van der Waals surface area contributed by atoms with E-state index in [4.69, 9.17) is 12.2 Å². The number of hydrogen-bond donors (Lipinski definition) is 1. The van der Waals surface area contributed by atoms with Crippen molar-refractivity contribution in [2.24, 2.45) is 5.92 Å². The number of imidazole rings is 1. The van der Waals surface area contributed by atoms with Gasteiger partial charge >= 0.3 is 0 Å². The van der Waals surface area contributed by atoms with E-state index in [1.807, 2.05) is 6.07 Å². The van der Waals surface area contributed by atoms with Gasteiger partial charge in [0.2, 0.25) is 0 Å². The van der Waals surface area contributed by atoms with Crippen molar-refractivity contribution in [3.63, 3.8) is 0 Å². The van der Waals surface area contributed by atoms with Gasteiger partial charge in [0.05, 0.1) is 15.5 Å². The molecule has 1 aliphatic heterocycles. The fourth-order valence-corrected chi connectivity index (χ4v) is 3.63. The summed E-state index contributed by atoms with van der Waals surface area (Å²) >= 11 is 8.64. The van der Waals surface area contributed by atoms with Crippen LogP contribution in [0.3, 0.4) is 0 Å². The van der Waals surface area contributed by atoms with Gasteiger partial charge in [-0.25, -0.2) is 4.39 Å². The zero-order valence-electron chi connectivity index (χ0n) is 11.3. The summed E-state index contributed by atoms with van der Waals surface area (Å²) in [5.41, 5.74) is 1.73. The molecule has 0 spiro atoms. The number of aromatic nitrogens is 2. The third-order valence-corrected chi connectivity index (χ3v) is 4.91. The van der Waals surface area contributed by atoms with E-state index in [0.29, 0.717) is 15.2 Å². The third-order valence-electron chi connectivity index (χ3n) is 3.98. The summed E-state index contributed by atoms with van der Waals surface area (Å²) < 4.78 is 16.8. The quantitative estimate of drug-likeness (QED) is 0.823. The molecule has 0 radical (unpaired) electrons. The van der Waals surface area contributed by atoms with Gasteiger partial charge in [-0.3, -0.25) is 0 Å². The molecule has 1 atom stereocenters. The zero-order chi connectivity index (χ0) is 14.3. The summed E-state index contributed by atoms with van der Waals surface area (Å²) in [5, 5.41) is 0. The van der Waals surface area contributed by atoms with Crippen molar-refractivity contribution in [2.75, 3.05) is 20.1 Å². The number of halogens is 2. The summed E-state index contributed by atoms with van der Waals surface area (Å²) in [4.78, 5) is 5.46. The van der Waals surface area contributed by atoms with E-state index in [9.17, 15) is 4.39 Å². The molecule has 1 unspecified atom stereocenters. The monoisotopic (exact) mass is 357 g/mol. The average Bonchev–Trinajstić information content (AvgIpc) is 2.67. The van der Waals surface area contributed by atoms with Crippen LogP contribution in [0.5, 0.6) is 0 Å². The second kappa shape index (κ2) is 5.58. The number of hydrogen-bond acceptors (Lipinski definition) is 2. The fraction of sp³-hybridized carbons (Fsp3) is 0.500. The highest BCUT2D eigenvalue weighted by Gasteiger charge is 2.19. The van der Waals surface area contributed by atoms with Gasteiger partial charge in [-0.2, -0.15) is 0 Å². The molecule has 1 aromatic heterocycles. The summed E-state index contributed by atoms with van der Waals surface area (Å²) in [5.74, 6) is 0.335. The topological polar surface area (TPSA) is 24.0 Å². The van der Waals surface area contributed by atoms with Crippen LogP contribution in [-0.2, 0) is 6.54 Å². The second-order valence-electron chi connectivity index (χ2n) is 5.59. The van der Waals surface area contributed by atoms with Crippen LogP contribution in [-0.4, -0.2) is 34.6 Å². The van der Waals surface area contributed by atoms with Gasteiger partial charge < -0.3 is 14.5 Å². The van der Waals surface area contributed by atoms with Crippen LogP contribution in [0.1, 0.15) is 12.8 Å². The van der Waals surface area contributed by atoms with E-state index in [0.717, 1.165) is 24.1 Å². The van der Waals surface area contributed by atoms with E-state index in [1.54, 1.807) is 0 Å². The molecule has 0 aliphatic carbocycles. The molecule has 0 bridgehead atoms. The Morgan fingerprint density at radius 1 is 1.50 bits per heavy atom. The lowest BCUT2D eigenvalue weighted by molar-refractivity contribution is 0.195. The zero-order valence-corrected chi connectivity index (χ0v) is 13.7. The third kappa shape index (κ3) is 2.69. The number of nitrogens with one attached hydrogen (secondary N) is 1. The first-order valence-corrected chi connectivity index (χ1v) is 8.01. The molecule has 20 heavy (non-hydrogen) atoms. The van der Waals surface area contributed by atoms with Crippen LogP contribution in [0.15, 0.2) is 16.6 Å². The van der Waals surface area contributed by atoms with Crippen molar-refractivity contribution < 1.29 is 4.39 Å². The highest BCUT2D eigenvalue weighted by molar-refractivity contribution is 9.10. The van der Waals surface area contributed by atoms with Gasteiger partial charge in [0.1, 0.15) is 5.82 Å². The van der Waals surface area contributed by atoms with Crippen molar-refractivity contribution in [1.82, 2.24) is 14.5 Å². The fourth-order valence-electron chi connectivity index (χ4n) is 3.01. The normalized spacial score (nSPS) is 20.6. The minimum Gasteiger partial charge on any atom is -0.330 e. The molecule has 1 saturated heterocycles. The maximum absolute atomic E-state index is 13.6. The number of H-pyrrole nitrogens is 1. The number of aromatic amines is 1. The average molecular weight is 358 g/mol. The molecule has 1 aromatic carbocycles. The number of piperidine rings is 1. The number of likely N-dealkylation sites (tertiary alicyclic amines) is 1. The summed E-state index contributed by atoms with van der Waals surface area (Å²) in [6, 6.07) is 3.31. The molecule has 3 rings (SSSR count). The van der Waals surface area contributed by atoms with Gasteiger partial charge in [0, 0.05) is 19.2 Å². The van der Waals surface area contributed by atoms with Crippen molar-refractivity contribution >= 4 is 39.2 Å². The molecule has 1 aliphatic rings. The van der Waals surface area contributed by atoms with Crippen molar-refractivity contribution in [3.8, 4) is 0 Å². The maximum Gasteiger partial charge on any atom is 0.178 e. The number of fused-ring (bicyclic) bond motifs is 1. The maximum atomic E-state index is 13.6. The molecule has 3 nitrogen and oxygen atoms in total. The largest absolute Gasteiger partial charge is 0.330 e. The highest BCUT2D eigenvalue weighted by Crippen LogP contribution is 2.25. The van der Waals surface area contributed by atoms with Crippen LogP contribution in [0.4, 0.5) is 4.39 Å². The van der Waals surface area contributed by atoms with E-state index < -0.39 is 0 Å². The predicted octanol–water partition coefficient (Wildman–Crippen LogP) is 3.94. The van der Waals surface area contributed by atoms with Crippen LogP contribution >= 0.6 is 28.1 Å². The lowest BCUT2D eigenvalue weighted by Crippen LogP contribution is -2.34. The molecule has 2 heterocycles. The number of rotatable bonds is 2. The highest BCUT2D eigenvalue weighted by atomic mass is 79.9. The first-order chi connectivity index (χ1) is 9.54. The molecule has 108 valence electrons. The Balaban J connectivity index is 1.96. The lowest BCUT2D eigenvalue weighted by Gasteiger charge is -2.29. The molecule has 0 saturated carbocycles. The molecular formula is C14H17BrFN3S. The predicted molar refractivity (Wildman–Crippen MR) is 85.0 cm³/mol. The molecule has 0 amide bonds. The van der Waals surface area contributed by atoms with E-state index >= 15 is 0 Å². The van der Waals surface area contributed by atoms with Crippen LogP contribution in [0.2, 0.25) is 0 Å². The lowest BCUT2D eigenvalue weighted by atomic mass is 9.98. The van der Waals surface area contributed by atoms with Gasteiger partial charge in [-0.1, -0.05) is 0 Å².